The van der Waals surface area contributed by atoms with Crippen LogP contribution in [0.5, 0.6) is 0 Å². The van der Waals surface area contributed by atoms with E-state index in [-0.39, 0.29) is 34.9 Å². The molecule has 38 heavy (non-hydrogen) atoms. The predicted octanol–water partition coefficient (Wildman–Crippen LogP) is 4.21. The van der Waals surface area contributed by atoms with Crippen LogP contribution < -0.4 is 10.9 Å². The molecule has 5 heterocycles. The molecule has 5 aromatic heterocycles. The number of carbonyl (C=O) groups excluding carboxylic acids is 1. The zero-order valence-electron chi connectivity index (χ0n) is 19.5. The molecule has 0 saturated heterocycles. The maximum absolute atomic E-state index is 13.7. The maximum atomic E-state index is 13.7. The molecule has 1 N–H and O–H groups in total. The van der Waals surface area contributed by atoms with Crippen LogP contribution in [0.15, 0.2) is 96.4 Å². The van der Waals surface area contributed by atoms with Gasteiger partial charge in [0.25, 0.3) is 11.5 Å². The van der Waals surface area contributed by atoms with Gasteiger partial charge in [0.2, 0.25) is 0 Å². The van der Waals surface area contributed by atoms with Crippen molar-refractivity contribution >= 4 is 11.7 Å². The molecule has 0 aliphatic rings. The number of aromatic nitrogens is 6. The highest BCUT2D eigenvalue weighted by molar-refractivity contribution is 6.03. The second kappa shape index (κ2) is 10.1. The van der Waals surface area contributed by atoms with Gasteiger partial charge in [0.05, 0.1) is 35.4 Å². The first kappa shape index (κ1) is 24.6. The van der Waals surface area contributed by atoms with Crippen molar-refractivity contribution in [2.75, 3.05) is 5.32 Å². The molecular weight excluding hydrogens is 499 g/mol. The Morgan fingerprint density at radius 2 is 1.82 bits per heavy atom. The zero-order valence-corrected chi connectivity index (χ0v) is 19.5. The second-order valence-electron chi connectivity index (χ2n) is 8.13. The number of anilines is 1. The van der Waals surface area contributed by atoms with Gasteiger partial charge in [0.15, 0.2) is 0 Å². The molecule has 0 fully saturated rings. The first-order chi connectivity index (χ1) is 18.3. The molecule has 190 valence electrons. The summed E-state index contributed by atoms with van der Waals surface area (Å²) in [6.45, 7) is 0.181. The largest absolute Gasteiger partial charge is 0.433 e. The molecule has 0 radical (unpaired) electrons. The highest BCUT2D eigenvalue weighted by Gasteiger charge is 2.36. The normalized spacial score (nSPS) is 11.3. The third kappa shape index (κ3) is 5.33. The molecule has 12 heteroatoms. The van der Waals surface area contributed by atoms with Crippen LogP contribution in [0.2, 0.25) is 0 Å². The lowest BCUT2D eigenvalue weighted by Crippen LogP contribution is -2.23. The number of hydrogen-bond donors (Lipinski definition) is 1. The first-order valence-corrected chi connectivity index (χ1v) is 11.2. The fourth-order valence-electron chi connectivity index (χ4n) is 3.66. The number of nitrogens with one attached hydrogen (secondary N) is 1. The predicted molar refractivity (Wildman–Crippen MR) is 132 cm³/mol. The van der Waals surface area contributed by atoms with Crippen molar-refractivity contribution in [2.45, 2.75) is 12.7 Å². The maximum Gasteiger partial charge on any atom is 0.433 e. The summed E-state index contributed by atoms with van der Waals surface area (Å²) >= 11 is 0. The number of carbonyl (C=O) groups is 1. The number of pyridine rings is 4. The smallest absolute Gasteiger partial charge is 0.309 e. The molecule has 0 aliphatic heterocycles. The average molecular weight is 517 g/mol. The van der Waals surface area contributed by atoms with Gasteiger partial charge in [0, 0.05) is 36.4 Å². The van der Waals surface area contributed by atoms with E-state index in [4.69, 9.17) is 0 Å². The molecule has 0 unspecified atom stereocenters. The van der Waals surface area contributed by atoms with E-state index in [9.17, 15) is 22.8 Å². The van der Waals surface area contributed by atoms with Crippen LogP contribution in [0.1, 0.15) is 21.7 Å². The van der Waals surface area contributed by atoms with E-state index in [1.54, 1.807) is 36.5 Å². The van der Waals surface area contributed by atoms with Gasteiger partial charge in [-0.3, -0.25) is 19.6 Å². The molecule has 1 amide bonds. The van der Waals surface area contributed by atoms with Gasteiger partial charge < -0.3 is 9.88 Å². The fourth-order valence-corrected chi connectivity index (χ4v) is 3.66. The van der Waals surface area contributed by atoms with Crippen LogP contribution in [0.4, 0.5) is 19.0 Å². The van der Waals surface area contributed by atoms with Crippen molar-refractivity contribution in [1.29, 1.82) is 0 Å². The lowest BCUT2D eigenvalue weighted by Gasteiger charge is -2.11. The molecule has 0 spiro atoms. The average Bonchev–Trinajstić information content (AvgIpc) is 3.38. The Morgan fingerprint density at radius 1 is 0.947 bits per heavy atom. The lowest BCUT2D eigenvalue weighted by molar-refractivity contribution is -0.142. The van der Waals surface area contributed by atoms with Crippen LogP contribution in [0.25, 0.3) is 16.9 Å². The highest BCUT2D eigenvalue weighted by Crippen LogP contribution is 2.34. The summed E-state index contributed by atoms with van der Waals surface area (Å²) in [6, 6.07) is 14.8. The van der Waals surface area contributed by atoms with Crippen molar-refractivity contribution < 1.29 is 18.0 Å². The Bertz CT molecular complexity index is 1630. The Morgan fingerprint density at radius 3 is 2.50 bits per heavy atom. The summed E-state index contributed by atoms with van der Waals surface area (Å²) in [4.78, 5) is 37.2. The van der Waals surface area contributed by atoms with E-state index in [0.29, 0.717) is 11.3 Å². The van der Waals surface area contributed by atoms with Gasteiger partial charge in [0.1, 0.15) is 11.5 Å². The third-order valence-electron chi connectivity index (χ3n) is 5.50. The summed E-state index contributed by atoms with van der Waals surface area (Å²) in [5, 5.41) is 6.68. The second-order valence-corrected chi connectivity index (χ2v) is 8.13. The molecule has 0 saturated carbocycles. The lowest BCUT2D eigenvalue weighted by atomic mass is 10.2. The van der Waals surface area contributed by atoms with Crippen LogP contribution in [0, 0.1) is 0 Å². The van der Waals surface area contributed by atoms with E-state index in [2.05, 4.69) is 25.4 Å². The van der Waals surface area contributed by atoms with Gasteiger partial charge in [-0.2, -0.15) is 18.3 Å². The molecule has 0 bridgehead atoms. The molecule has 0 atom stereocenters. The van der Waals surface area contributed by atoms with E-state index in [1.165, 1.54) is 53.6 Å². The Labute approximate surface area is 213 Å². The zero-order chi connectivity index (χ0) is 26.7. The number of hydrogen-bond acceptors (Lipinski definition) is 6. The van der Waals surface area contributed by atoms with Gasteiger partial charge in [-0.25, -0.2) is 9.67 Å². The Hall–Kier alpha value is -5.13. The van der Waals surface area contributed by atoms with Gasteiger partial charge in [-0.15, -0.1) is 0 Å². The number of nitrogens with zero attached hydrogens (tertiary/aromatic N) is 6. The van der Waals surface area contributed by atoms with Gasteiger partial charge >= 0.3 is 6.18 Å². The van der Waals surface area contributed by atoms with E-state index in [1.807, 2.05) is 0 Å². The Balaban J connectivity index is 1.37. The van der Waals surface area contributed by atoms with Gasteiger partial charge in [-0.1, -0.05) is 6.07 Å². The molecule has 0 aromatic carbocycles. The van der Waals surface area contributed by atoms with E-state index < -0.39 is 17.8 Å². The monoisotopic (exact) mass is 517 g/mol. The summed E-state index contributed by atoms with van der Waals surface area (Å²) < 4.78 is 43.3. The molecule has 5 aromatic rings. The number of amides is 1. The van der Waals surface area contributed by atoms with Crippen molar-refractivity contribution in [3.63, 3.8) is 0 Å². The summed E-state index contributed by atoms with van der Waals surface area (Å²) in [5.41, 5.74) is 0.132. The summed E-state index contributed by atoms with van der Waals surface area (Å²) in [5.74, 6) is -0.441. The Kier molecular flexibility index (Phi) is 6.52. The van der Waals surface area contributed by atoms with Crippen molar-refractivity contribution in [1.82, 2.24) is 29.3 Å². The highest BCUT2D eigenvalue weighted by atomic mass is 19.4. The van der Waals surface area contributed by atoms with E-state index in [0.717, 1.165) is 10.7 Å². The summed E-state index contributed by atoms with van der Waals surface area (Å²) in [7, 11) is 0. The van der Waals surface area contributed by atoms with Crippen LogP contribution in [-0.4, -0.2) is 35.2 Å². The number of rotatable bonds is 6. The van der Waals surface area contributed by atoms with Crippen molar-refractivity contribution in [2.24, 2.45) is 0 Å². The molecule has 0 aliphatic carbocycles. The minimum absolute atomic E-state index is 0.0503. The fraction of sp³-hybridized carbons (Fsp3) is 0.0769. The topological polar surface area (TPSA) is 108 Å². The van der Waals surface area contributed by atoms with Crippen LogP contribution in [-0.2, 0) is 12.7 Å². The van der Waals surface area contributed by atoms with Crippen molar-refractivity contribution in [3.05, 3.63) is 119 Å². The first-order valence-electron chi connectivity index (χ1n) is 11.2. The SMILES string of the molecule is O=C(Nc1ccc(-n2nc(-c3cccnc3)cc2C(F)(F)F)cn1)c1ccc(=O)n(Cc2ccccn2)c1. The van der Waals surface area contributed by atoms with Gasteiger partial charge in [-0.05, 0) is 48.5 Å². The molecular formula is C26H18F3N7O2. The summed E-state index contributed by atoms with van der Waals surface area (Å²) in [6.07, 6.45) is 2.44. The van der Waals surface area contributed by atoms with Crippen molar-refractivity contribution in [3.8, 4) is 16.9 Å². The number of alkyl halides is 3. The number of halogens is 3. The third-order valence-corrected chi connectivity index (χ3v) is 5.50. The minimum Gasteiger partial charge on any atom is -0.309 e. The van der Waals surface area contributed by atoms with Crippen LogP contribution in [0.3, 0.4) is 0 Å². The van der Waals surface area contributed by atoms with Crippen LogP contribution >= 0.6 is 0 Å². The standard InChI is InChI=1S/C26H18F3N7O2/c27-26(28,29)22-12-21(17-4-3-10-30-13-17)34-36(22)20-7-8-23(32-14-20)33-25(38)18-6-9-24(37)35(15-18)16-19-5-1-2-11-31-19/h1-15H,16H2,(H,32,33,38). The minimum atomic E-state index is -4.67. The molecule has 5 rings (SSSR count). The molecule has 9 nitrogen and oxygen atoms in total. The quantitative estimate of drug-likeness (QED) is 0.362. The van der Waals surface area contributed by atoms with E-state index >= 15 is 0 Å².